The molecule has 0 atom stereocenters. The summed E-state index contributed by atoms with van der Waals surface area (Å²) in [6, 6.07) is 15.0. The van der Waals surface area contributed by atoms with Crippen molar-refractivity contribution in [3.63, 3.8) is 0 Å². The molecule has 0 aliphatic carbocycles. The lowest BCUT2D eigenvalue weighted by Crippen LogP contribution is -2.08. The Hall–Kier alpha value is -3.15. The van der Waals surface area contributed by atoms with Gasteiger partial charge >= 0.3 is 5.97 Å². The molecule has 0 saturated heterocycles. The Balaban J connectivity index is 1.55. The van der Waals surface area contributed by atoms with E-state index in [-0.39, 0.29) is 24.9 Å². The van der Waals surface area contributed by atoms with Gasteiger partial charge in [-0.05, 0) is 36.8 Å². The molecule has 0 radical (unpaired) electrons. The number of hydrogen-bond donors (Lipinski definition) is 0. The minimum Gasteiger partial charge on any atom is -0.497 e. The highest BCUT2D eigenvalue weighted by atomic mass is 16.6. The van der Waals surface area contributed by atoms with Crippen molar-refractivity contribution >= 4 is 5.97 Å². The number of carbonyl (C=O) groups excluding carboxylic acids is 1. The summed E-state index contributed by atoms with van der Waals surface area (Å²) in [5, 5.41) is 3.90. The van der Waals surface area contributed by atoms with E-state index in [0.717, 1.165) is 22.4 Å². The molecule has 0 unspecified atom stereocenters. The number of aromatic nitrogens is 2. The SMILES string of the molecule is COc1ccc(-c2noc(COC(=O)Cc3ccc(C)cc3)n2)cc1. The van der Waals surface area contributed by atoms with Crippen LogP contribution in [0.4, 0.5) is 0 Å². The number of methoxy groups -OCH3 is 1. The zero-order valence-corrected chi connectivity index (χ0v) is 14.1. The molecule has 0 saturated carbocycles. The molecule has 0 N–H and O–H groups in total. The van der Waals surface area contributed by atoms with Crippen molar-refractivity contribution in [2.75, 3.05) is 7.11 Å². The van der Waals surface area contributed by atoms with Gasteiger partial charge in [0.15, 0.2) is 6.61 Å². The molecular weight excluding hydrogens is 320 g/mol. The quantitative estimate of drug-likeness (QED) is 0.642. The number of carbonyl (C=O) groups is 1. The number of aryl methyl sites for hydroxylation is 1. The monoisotopic (exact) mass is 338 g/mol. The first-order chi connectivity index (χ1) is 12.1. The molecule has 6 nitrogen and oxygen atoms in total. The van der Waals surface area contributed by atoms with Crippen molar-refractivity contribution in [3.05, 3.63) is 65.5 Å². The Bertz CT molecular complexity index is 839. The molecule has 0 aliphatic heterocycles. The van der Waals surface area contributed by atoms with Crippen LogP contribution in [0.2, 0.25) is 0 Å². The Kier molecular flexibility index (Phi) is 5.09. The lowest BCUT2D eigenvalue weighted by molar-refractivity contribution is -0.144. The Labute approximate surface area is 145 Å². The van der Waals surface area contributed by atoms with Gasteiger partial charge in [-0.2, -0.15) is 4.98 Å². The van der Waals surface area contributed by atoms with Gasteiger partial charge in [0.25, 0.3) is 5.89 Å². The van der Waals surface area contributed by atoms with Crippen LogP contribution in [0.5, 0.6) is 5.75 Å². The Morgan fingerprint density at radius 1 is 1.08 bits per heavy atom. The Morgan fingerprint density at radius 3 is 2.48 bits per heavy atom. The van der Waals surface area contributed by atoms with Crippen LogP contribution in [0.1, 0.15) is 17.0 Å². The first-order valence-electron chi connectivity index (χ1n) is 7.82. The lowest BCUT2D eigenvalue weighted by atomic mass is 10.1. The van der Waals surface area contributed by atoms with E-state index >= 15 is 0 Å². The van der Waals surface area contributed by atoms with Gasteiger partial charge in [0.1, 0.15) is 5.75 Å². The average Bonchev–Trinajstić information content (AvgIpc) is 3.11. The fraction of sp³-hybridized carbons (Fsp3) is 0.211. The normalized spacial score (nSPS) is 10.5. The Morgan fingerprint density at radius 2 is 1.80 bits per heavy atom. The third-order valence-corrected chi connectivity index (χ3v) is 3.64. The largest absolute Gasteiger partial charge is 0.497 e. The maximum atomic E-state index is 11.9. The molecule has 3 rings (SSSR count). The van der Waals surface area contributed by atoms with Gasteiger partial charge in [-0.25, -0.2) is 0 Å². The van der Waals surface area contributed by atoms with Crippen molar-refractivity contribution in [2.45, 2.75) is 20.0 Å². The molecule has 0 spiro atoms. The highest BCUT2D eigenvalue weighted by Gasteiger charge is 2.11. The van der Waals surface area contributed by atoms with Gasteiger partial charge < -0.3 is 14.0 Å². The molecular formula is C19H18N2O4. The van der Waals surface area contributed by atoms with Crippen molar-refractivity contribution in [1.29, 1.82) is 0 Å². The van der Waals surface area contributed by atoms with Crippen LogP contribution >= 0.6 is 0 Å². The molecule has 25 heavy (non-hydrogen) atoms. The number of benzene rings is 2. The highest BCUT2D eigenvalue weighted by Crippen LogP contribution is 2.19. The average molecular weight is 338 g/mol. The lowest BCUT2D eigenvalue weighted by Gasteiger charge is -2.02. The van der Waals surface area contributed by atoms with Crippen molar-refractivity contribution in [2.24, 2.45) is 0 Å². The maximum Gasteiger partial charge on any atom is 0.310 e. The van der Waals surface area contributed by atoms with Gasteiger partial charge in [0, 0.05) is 5.56 Å². The minimum absolute atomic E-state index is 0.0478. The van der Waals surface area contributed by atoms with E-state index in [2.05, 4.69) is 10.1 Å². The van der Waals surface area contributed by atoms with E-state index in [1.807, 2.05) is 55.5 Å². The zero-order chi connectivity index (χ0) is 17.6. The smallest absolute Gasteiger partial charge is 0.310 e. The van der Waals surface area contributed by atoms with E-state index in [4.69, 9.17) is 14.0 Å². The van der Waals surface area contributed by atoms with Crippen molar-refractivity contribution in [3.8, 4) is 17.1 Å². The van der Waals surface area contributed by atoms with Crippen LogP contribution in [-0.2, 0) is 22.6 Å². The summed E-state index contributed by atoms with van der Waals surface area (Å²) in [6.45, 7) is 1.95. The number of rotatable bonds is 6. The molecule has 3 aromatic rings. The first kappa shape index (κ1) is 16.7. The molecule has 6 heteroatoms. The summed E-state index contributed by atoms with van der Waals surface area (Å²) in [5.74, 6) is 1.10. The molecule has 128 valence electrons. The van der Waals surface area contributed by atoms with Gasteiger partial charge in [0.05, 0.1) is 13.5 Å². The van der Waals surface area contributed by atoms with Crippen LogP contribution in [0, 0.1) is 6.92 Å². The summed E-state index contributed by atoms with van der Waals surface area (Å²) in [5.41, 5.74) is 2.84. The number of hydrogen-bond acceptors (Lipinski definition) is 6. The van der Waals surface area contributed by atoms with Gasteiger partial charge in [-0.3, -0.25) is 4.79 Å². The predicted molar refractivity (Wildman–Crippen MR) is 91.0 cm³/mol. The van der Waals surface area contributed by atoms with Crippen LogP contribution in [0.25, 0.3) is 11.4 Å². The van der Waals surface area contributed by atoms with Gasteiger partial charge in [0.2, 0.25) is 5.82 Å². The third kappa shape index (κ3) is 4.44. The highest BCUT2D eigenvalue weighted by molar-refractivity contribution is 5.72. The zero-order valence-electron chi connectivity index (χ0n) is 14.1. The molecule has 0 bridgehead atoms. The molecule has 0 amide bonds. The second kappa shape index (κ2) is 7.61. The van der Waals surface area contributed by atoms with Gasteiger partial charge in [-0.1, -0.05) is 35.0 Å². The van der Waals surface area contributed by atoms with Crippen LogP contribution < -0.4 is 4.74 Å². The maximum absolute atomic E-state index is 11.9. The van der Waals surface area contributed by atoms with E-state index in [1.165, 1.54) is 0 Å². The predicted octanol–water partition coefficient (Wildman–Crippen LogP) is 3.34. The third-order valence-electron chi connectivity index (χ3n) is 3.64. The fourth-order valence-corrected chi connectivity index (χ4v) is 2.24. The van der Waals surface area contributed by atoms with E-state index in [0.29, 0.717) is 5.82 Å². The summed E-state index contributed by atoms with van der Waals surface area (Å²) in [7, 11) is 1.60. The topological polar surface area (TPSA) is 74.5 Å². The van der Waals surface area contributed by atoms with Gasteiger partial charge in [-0.15, -0.1) is 0 Å². The molecule has 2 aromatic carbocycles. The first-order valence-corrected chi connectivity index (χ1v) is 7.82. The summed E-state index contributed by atoms with van der Waals surface area (Å²) in [6.07, 6.45) is 0.208. The molecule has 0 aliphatic rings. The second-order valence-corrected chi connectivity index (χ2v) is 5.56. The summed E-state index contributed by atoms with van der Waals surface area (Å²) < 4.78 is 15.4. The molecule has 0 fully saturated rings. The minimum atomic E-state index is -0.340. The summed E-state index contributed by atoms with van der Waals surface area (Å²) in [4.78, 5) is 16.1. The second-order valence-electron chi connectivity index (χ2n) is 5.56. The number of ether oxygens (including phenoxy) is 2. The van der Waals surface area contributed by atoms with E-state index in [1.54, 1.807) is 7.11 Å². The number of esters is 1. The summed E-state index contributed by atoms with van der Waals surface area (Å²) >= 11 is 0. The van der Waals surface area contributed by atoms with Crippen LogP contribution in [-0.4, -0.2) is 23.2 Å². The van der Waals surface area contributed by atoms with E-state index in [9.17, 15) is 4.79 Å². The van der Waals surface area contributed by atoms with Crippen molar-refractivity contribution < 1.29 is 18.8 Å². The number of nitrogens with zero attached hydrogens (tertiary/aromatic N) is 2. The van der Waals surface area contributed by atoms with E-state index < -0.39 is 0 Å². The molecule has 1 aromatic heterocycles. The standard InChI is InChI=1S/C19H18N2O4/c1-13-3-5-14(6-4-13)11-18(22)24-12-17-20-19(21-25-17)15-7-9-16(23-2)10-8-15/h3-10H,11-12H2,1-2H3. The fourth-order valence-electron chi connectivity index (χ4n) is 2.24. The molecule has 1 heterocycles. The van der Waals surface area contributed by atoms with Crippen molar-refractivity contribution in [1.82, 2.24) is 10.1 Å². The van der Waals surface area contributed by atoms with Crippen LogP contribution in [0.15, 0.2) is 53.1 Å². The van der Waals surface area contributed by atoms with Crippen LogP contribution in [0.3, 0.4) is 0 Å².